The van der Waals surface area contributed by atoms with E-state index in [1.54, 1.807) is 0 Å². The molecule has 0 aromatic heterocycles. The predicted octanol–water partition coefficient (Wildman–Crippen LogP) is 5.57. The summed E-state index contributed by atoms with van der Waals surface area (Å²) in [5, 5.41) is 1.34. The third kappa shape index (κ3) is 3.56. The van der Waals surface area contributed by atoms with E-state index in [0.29, 0.717) is 34.6 Å². The van der Waals surface area contributed by atoms with Crippen LogP contribution in [0.4, 0.5) is 0 Å². The van der Waals surface area contributed by atoms with Crippen LogP contribution in [-0.2, 0) is 11.2 Å². The van der Waals surface area contributed by atoms with E-state index in [4.69, 9.17) is 23.2 Å². The second-order valence-electron chi connectivity index (χ2n) is 6.90. The van der Waals surface area contributed by atoms with E-state index < -0.39 is 0 Å². The summed E-state index contributed by atoms with van der Waals surface area (Å²) in [4.78, 5) is 12.2. The number of hydrogen-bond acceptors (Lipinski definition) is 1. The summed E-state index contributed by atoms with van der Waals surface area (Å²) in [6, 6.07) is 5.53. The Bertz CT molecular complexity index is 482. The Hall–Kier alpha value is -0.530. The van der Waals surface area contributed by atoms with Crippen molar-refractivity contribution >= 4 is 29.0 Å². The summed E-state index contributed by atoms with van der Waals surface area (Å²) in [5.41, 5.74) is 1.17. The van der Waals surface area contributed by atoms with Crippen molar-refractivity contribution in [3.05, 3.63) is 33.8 Å². The van der Waals surface area contributed by atoms with Crippen LogP contribution in [0.5, 0.6) is 0 Å². The second kappa shape index (κ2) is 6.07. The summed E-state index contributed by atoms with van der Waals surface area (Å²) < 4.78 is 0. The van der Waals surface area contributed by atoms with Crippen molar-refractivity contribution in [3.63, 3.8) is 0 Å². The second-order valence-corrected chi connectivity index (χ2v) is 7.72. The van der Waals surface area contributed by atoms with Crippen LogP contribution >= 0.6 is 23.2 Å². The Morgan fingerprint density at radius 1 is 1.20 bits per heavy atom. The molecule has 3 heteroatoms. The van der Waals surface area contributed by atoms with E-state index in [9.17, 15) is 4.79 Å². The molecule has 0 saturated heterocycles. The molecular formula is C17H22Cl2O. The van der Waals surface area contributed by atoms with Crippen molar-refractivity contribution < 1.29 is 4.79 Å². The van der Waals surface area contributed by atoms with E-state index in [-0.39, 0.29) is 11.3 Å². The molecule has 0 amide bonds. The number of Topliss-reactive ketones (excluding diaryl/α,β-unsaturated/α-hetero) is 1. The van der Waals surface area contributed by atoms with Crippen LogP contribution in [0.3, 0.4) is 0 Å². The Kier molecular flexibility index (Phi) is 4.81. The van der Waals surface area contributed by atoms with Gasteiger partial charge in [0, 0.05) is 22.4 Å². The molecule has 1 aliphatic carbocycles. The number of hydrogen-bond donors (Lipinski definition) is 0. The summed E-state index contributed by atoms with van der Waals surface area (Å²) in [5.74, 6) is 1.01. The van der Waals surface area contributed by atoms with Gasteiger partial charge in [0.1, 0.15) is 5.78 Å². The lowest BCUT2D eigenvalue weighted by Crippen LogP contribution is -2.33. The first-order chi connectivity index (χ1) is 9.29. The molecule has 20 heavy (non-hydrogen) atoms. The van der Waals surface area contributed by atoms with Crippen LogP contribution in [-0.4, -0.2) is 5.78 Å². The summed E-state index contributed by atoms with van der Waals surface area (Å²) >= 11 is 12.5. The van der Waals surface area contributed by atoms with Gasteiger partial charge in [0.2, 0.25) is 0 Å². The number of carbonyl (C=O) groups is 1. The average molecular weight is 313 g/mol. The lowest BCUT2D eigenvalue weighted by Gasteiger charge is -2.37. The molecule has 0 N–H and O–H groups in total. The Morgan fingerprint density at radius 3 is 2.35 bits per heavy atom. The van der Waals surface area contributed by atoms with E-state index in [1.807, 2.05) is 18.2 Å². The molecule has 1 nitrogen and oxygen atoms in total. The smallest absolute Gasteiger partial charge is 0.136 e. The Labute approximate surface area is 131 Å². The molecule has 1 aromatic carbocycles. The van der Waals surface area contributed by atoms with E-state index in [2.05, 4.69) is 20.8 Å². The van der Waals surface area contributed by atoms with Gasteiger partial charge in [-0.3, -0.25) is 4.79 Å². The molecule has 0 spiro atoms. The van der Waals surface area contributed by atoms with Crippen molar-refractivity contribution in [1.29, 1.82) is 0 Å². The van der Waals surface area contributed by atoms with Gasteiger partial charge in [-0.2, -0.15) is 0 Å². The highest BCUT2D eigenvalue weighted by atomic mass is 35.5. The molecule has 0 radical (unpaired) electrons. The van der Waals surface area contributed by atoms with Crippen LogP contribution in [0.25, 0.3) is 0 Å². The Morgan fingerprint density at radius 2 is 1.80 bits per heavy atom. The molecule has 0 aliphatic heterocycles. The minimum atomic E-state index is 0.0605. The van der Waals surface area contributed by atoms with Gasteiger partial charge < -0.3 is 0 Å². The highest BCUT2D eigenvalue weighted by Crippen LogP contribution is 2.41. The normalized spacial score (nSPS) is 23.9. The monoisotopic (exact) mass is 312 g/mol. The average Bonchev–Trinajstić information content (AvgIpc) is 2.34. The van der Waals surface area contributed by atoms with Crippen molar-refractivity contribution in [2.75, 3.05) is 0 Å². The van der Waals surface area contributed by atoms with Gasteiger partial charge in [0.05, 0.1) is 0 Å². The zero-order chi connectivity index (χ0) is 14.9. The number of carbonyl (C=O) groups excluding carboxylic acids is 1. The van der Waals surface area contributed by atoms with Gasteiger partial charge in [0.15, 0.2) is 0 Å². The van der Waals surface area contributed by atoms with Gasteiger partial charge in [0.25, 0.3) is 0 Å². The zero-order valence-corrected chi connectivity index (χ0v) is 13.9. The largest absolute Gasteiger partial charge is 0.299 e. The fraction of sp³-hybridized carbons (Fsp3) is 0.588. The standard InChI is InChI=1S/C17H22Cl2O/c1-17(2,3)12-7-8-16(20)11(9-12)10-13-14(18)5-4-6-15(13)19/h4-6,11-12H,7-10H2,1-3H3. The number of benzene rings is 1. The van der Waals surface area contributed by atoms with Gasteiger partial charge in [-0.05, 0) is 48.3 Å². The SMILES string of the molecule is CC(C)(C)C1CCC(=O)C(Cc2c(Cl)cccc2Cl)C1. The lowest BCUT2D eigenvalue weighted by molar-refractivity contribution is -0.126. The summed E-state index contributed by atoms with van der Waals surface area (Å²) in [6.45, 7) is 6.77. The number of halogens is 2. The number of ketones is 1. The van der Waals surface area contributed by atoms with Gasteiger partial charge in [-0.25, -0.2) is 0 Å². The van der Waals surface area contributed by atoms with Crippen molar-refractivity contribution in [2.24, 2.45) is 17.3 Å². The van der Waals surface area contributed by atoms with Crippen LogP contribution < -0.4 is 0 Å². The first kappa shape index (κ1) is 15.9. The van der Waals surface area contributed by atoms with Crippen LogP contribution in [0.15, 0.2) is 18.2 Å². The highest BCUT2D eigenvalue weighted by Gasteiger charge is 2.35. The fourth-order valence-corrected chi connectivity index (χ4v) is 3.62. The molecule has 1 saturated carbocycles. The zero-order valence-electron chi connectivity index (χ0n) is 12.4. The fourth-order valence-electron chi connectivity index (χ4n) is 3.07. The predicted molar refractivity (Wildman–Crippen MR) is 85.5 cm³/mol. The van der Waals surface area contributed by atoms with Crippen molar-refractivity contribution in [1.82, 2.24) is 0 Å². The Balaban J connectivity index is 2.17. The van der Waals surface area contributed by atoms with Crippen LogP contribution in [0.1, 0.15) is 45.6 Å². The number of rotatable bonds is 2. The molecule has 1 aliphatic rings. The van der Waals surface area contributed by atoms with E-state index in [0.717, 1.165) is 18.4 Å². The molecule has 2 atom stereocenters. The maximum atomic E-state index is 12.2. The van der Waals surface area contributed by atoms with Crippen molar-refractivity contribution in [3.8, 4) is 0 Å². The van der Waals surface area contributed by atoms with Gasteiger partial charge in [-0.15, -0.1) is 0 Å². The minimum Gasteiger partial charge on any atom is -0.299 e. The topological polar surface area (TPSA) is 17.1 Å². The maximum absolute atomic E-state index is 12.2. The lowest BCUT2D eigenvalue weighted by atomic mass is 9.67. The maximum Gasteiger partial charge on any atom is 0.136 e. The minimum absolute atomic E-state index is 0.0605. The van der Waals surface area contributed by atoms with Gasteiger partial charge >= 0.3 is 0 Å². The molecule has 2 rings (SSSR count). The van der Waals surface area contributed by atoms with Gasteiger partial charge in [-0.1, -0.05) is 50.0 Å². The molecule has 1 aromatic rings. The third-order valence-corrected chi connectivity index (χ3v) is 5.21. The molecule has 1 fully saturated rings. The summed E-state index contributed by atoms with van der Waals surface area (Å²) in [7, 11) is 0. The van der Waals surface area contributed by atoms with Crippen LogP contribution in [0, 0.1) is 17.3 Å². The first-order valence-electron chi connectivity index (χ1n) is 7.24. The molecule has 110 valence electrons. The van der Waals surface area contributed by atoms with E-state index in [1.165, 1.54) is 0 Å². The molecule has 2 unspecified atom stereocenters. The first-order valence-corrected chi connectivity index (χ1v) is 8.00. The highest BCUT2D eigenvalue weighted by molar-refractivity contribution is 6.36. The van der Waals surface area contributed by atoms with Crippen molar-refractivity contribution in [2.45, 2.75) is 46.5 Å². The van der Waals surface area contributed by atoms with Crippen LogP contribution in [0.2, 0.25) is 10.0 Å². The molecule has 0 heterocycles. The van der Waals surface area contributed by atoms with E-state index >= 15 is 0 Å². The quantitative estimate of drug-likeness (QED) is 0.698. The summed E-state index contributed by atoms with van der Waals surface area (Å²) in [6.07, 6.45) is 3.32. The molecular weight excluding hydrogens is 291 g/mol. The molecule has 0 bridgehead atoms. The third-order valence-electron chi connectivity index (χ3n) is 4.50.